The molecule has 0 fully saturated rings. The summed E-state index contributed by atoms with van der Waals surface area (Å²) in [5, 5.41) is 13.6. The lowest BCUT2D eigenvalue weighted by Crippen LogP contribution is -2.27. The van der Waals surface area contributed by atoms with Gasteiger partial charge in [0.2, 0.25) is 0 Å². The van der Waals surface area contributed by atoms with E-state index < -0.39 is 4.92 Å². The van der Waals surface area contributed by atoms with Gasteiger partial charge in [-0.15, -0.1) is 0 Å². The largest absolute Gasteiger partial charge is 0.350 e. The fourth-order valence-corrected chi connectivity index (χ4v) is 2.03. The molecule has 0 saturated heterocycles. The van der Waals surface area contributed by atoms with E-state index in [9.17, 15) is 14.9 Å². The Bertz CT molecular complexity index is 618. The number of H-pyrrole nitrogens is 1. The lowest BCUT2D eigenvalue weighted by atomic mass is 10.3. The van der Waals surface area contributed by atoms with Gasteiger partial charge in [-0.3, -0.25) is 14.9 Å². The van der Waals surface area contributed by atoms with Gasteiger partial charge in [-0.2, -0.15) is 0 Å². The zero-order chi connectivity index (χ0) is 15.2. The molecular weight excluding hydrogens is 274 g/mol. The minimum atomic E-state index is -0.493. The lowest BCUT2D eigenvalue weighted by Gasteiger charge is -2.07. The zero-order valence-electron chi connectivity index (χ0n) is 11.7. The molecule has 2 aromatic rings. The van der Waals surface area contributed by atoms with Crippen molar-refractivity contribution in [1.82, 2.24) is 19.9 Å². The third-order valence-electron chi connectivity index (χ3n) is 3.02. The Morgan fingerprint density at radius 1 is 1.57 bits per heavy atom. The van der Waals surface area contributed by atoms with E-state index in [-0.39, 0.29) is 11.6 Å². The van der Waals surface area contributed by atoms with Crippen LogP contribution in [0.5, 0.6) is 0 Å². The average Bonchev–Trinajstić information content (AvgIpc) is 3.08. The molecule has 0 bridgehead atoms. The first-order valence-electron chi connectivity index (χ1n) is 6.71. The molecule has 0 aromatic carbocycles. The van der Waals surface area contributed by atoms with E-state index in [1.165, 1.54) is 12.3 Å². The number of rotatable bonds is 7. The molecule has 2 aromatic heterocycles. The van der Waals surface area contributed by atoms with Crippen molar-refractivity contribution in [1.29, 1.82) is 0 Å². The van der Waals surface area contributed by atoms with Crippen LogP contribution in [0, 0.1) is 10.1 Å². The number of aryl methyl sites for hydroxylation is 1. The van der Waals surface area contributed by atoms with Crippen LogP contribution in [0.1, 0.15) is 29.5 Å². The predicted octanol–water partition coefficient (Wildman–Crippen LogP) is 1.50. The maximum absolute atomic E-state index is 12.1. The summed E-state index contributed by atoms with van der Waals surface area (Å²) in [4.78, 5) is 29.3. The van der Waals surface area contributed by atoms with Crippen LogP contribution in [0.2, 0.25) is 0 Å². The van der Waals surface area contributed by atoms with Crippen LogP contribution in [-0.2, 0) is 13.0 Å². The number of nitrogens with one attached hydrogen (secondary N) is 2. The molecule has 0 aliphatic rings. The van der Waals surface area contributed by atoms with E-state index in [4.69, 9.17) is 0 Å². The number of nitro groups is 1. The second kappa shape index (κ2) is 6.69. The smallest absolute Gasteiger partial charge is 0.287 e. The van der Waals surface area contributed by atoms with Crippen LogP contribution in [0.4, 0.5) is 5.69 Å². The van der Waals surface area contributed by atoms with Crippen LogP contribution in [0.15, 0.2) is 24.8 Å². The fraction of sp³-hybridized carbons (Fsp3) is 0.385. The number of imidazole rings is 1. The fourth-order valence-electron chi connectivity index (χ4n) is 2.03. The Balaban J connectivity index is 2.01. The second-order valence-electron chi connectivity index (χ2n) is 4.62. The Hall–Kier alpha value is -2.64. The van der Waals surface area contributed by atoms with Gasteiger partial charge in [-0.05, 0) is 6.42 Å². The molecule has 8 heteroatoms. The quantitative estimate of drug-likeness (QED) is 0.595. The molecule has 0 unspecified atom stereocenters. The number of carbonyl (C=O) groups is 1. The van der Waals surface area contributed by atoms with Gasteiger partial charge < -0.3 is 14.9 Å². The van der Waals surface area contributed by atoms with Gasteiger partial charge in [0.05, 0.1) is 17.4 Å². The van der Waals surface area contributed by atoms with Crippen LogP contribution in [-0.4, -0.2) is 31.9 Å². The van der Waals surface area contributed by atoms with Gasteiger partial charge in [-0.25, -0.2) is 4.98 Å². The van der Waals surface area contributed by atoms with Crippen molar-refractivity contribution in [2.75, 3.05) is 6.54 Å². The summed E-state index contributed by atoms with van der Waals surface area (Å²) in [7, 11) is 0. The van der Waals surface area contributed by atoms with Gasteiger partial charge >= 0.3 is 0 Å². The summed E-state index contributed by atoms with van der Waals surface area (Å²) in [6.07, 6.45) is 6.08. The van der Waals surface area contributed by atoms with Crippen molar-refractivity contribution >= 4 is 11.6 Å². The first-order chi connectivity index (χ1) is 10.1. The van der Waals surface area contributed by atoms with Crippen LogP contribution in [0.3, 0.4) is 0 Å². The van der Waals surface area contributed by atoms with E-state index >= 15 is 0 Å². The summed E-state index contributed by atoms with van der Waals surface area (Å²) in [5.41, 5.74) is 1.17. The molecule has 0 aliphatic carbocycles. The number of aromatic nitrogens is 3. The standard InChI is InChI=1S/C13H17N5O3/c1-2-5-17-8-11(18(20)21)6-12(17)13(19)15-4-3-10-7-14-9-16-10/h6-9H,2-5H2,1H3,(H,14,16)(H,15,19). The third kappa shape index (κ3) is 3.68. The van der Waals surface area contributed by atoms with Crippen molar-refractivity contribution in [2.45, 2.75) is 26.3 Å². The van der Waals surface area contributed by atoms with E-state index in [1.54, 1.807) is 17.1 Å². The lowest BCUT2D eigenvalue weighted by molar-refractivity contribution is -0.384. The maximum atomic E-state index is 12.1. The molecule has 0 spiro atoms. The van der Waals surface area contributed by atoms with Crippen LogP contribution in [0.25, 0.3) is 0 Å². The maximum Gasteiger partial charge on any atom is 0.287 e. The Kier molecular flexibility index (Phi) is 4.70. The van der Waals surface area contributed by atoms with Crippen molar-refractivity contribution in [3.63, 3.8) is 0 Å². The number of hydrogen-bond donors (Lipinski definition) is 2. The molecular formula is C13H17N5O3. The molecule has 21 heavy (non-hydrogen) atoms. The van der Waals surface area contributed by atoms with Crippen molar-refractivity contribution in [3.05, 3.63) is 46.3 Å². The first-order valence-corrected chi connectivity index (χ1v) is 6.71. The van der Waals surface area contributed by atoms with Crippen LogP contribution < -0.4 is 5.32 Å². The summed E-state index contributed by atoms with van der Waals surface area (Å²) >= 11 is 0. The topological polar surface area (TPSA) is 106 Å². The number of nitrogens with zero attached hydrogens (tertiary/aromatic N) is 3. The molecule has 0 aliphatic heterocycles. The average molecular weight is 291 g/mol. The molecule has 2 heterocycles. The van der Waals surface area contributed by atoms with Crippen LogP contribution >= 0.6 is 0 Å². The molecule has 1 amide bonds. The molecule has 0 atom stereocenters. The molecule has 0 saturated carbocycles. The van der Waals surface area contributed by atoms with E-state index in [2.05, 4.69) is 15.3 Å². The van der Waals surface area contributed by atoms with Gasteiger partial charge in [0.15, 0.2) is 0 Å². The van der Waals surface area contributed by atoms with E-state index in [0.717, 1.165) is 12.1 Å². The Morgan fingerprint density at radius 2 is 2.38 bits per heavy atom. The third-order valence-corrected chi connectivity index (χ3v) is 3.02. The number of aromatic amines is 1. The highest BCUT2D eigenvalue weighted by Gasteiger charge is 2.18. The molecule has 8 nitrogen and oxygen atoms in total. The monoisotopic (exact) mass is 291 g/mol. The predicted molar refractivity (Wildman–Crippen MR) is 76.0 cm³/mol. The Morgan fingerprint density at radius 3 is 3.00 bits per heavy atom. The van der Waals surface area contributed by atoms with Crippen molar-refractivity contribution in [2.24, 2.45) is 0 Å². The number of amides is 1. The summed E-state index contributed by atoms with van der Waals surface area (Å²) in [6.45, 7) is 2.95. The van der Waals surface area contributed by atoms with Crippen molar-refractivity contribution < 1.29 is 9.72 Å². The summed E-state index contributed by atoms with van der Waals surface area (Å²) in [6, 6.07) is 1.31. The van der Waals surface area contributed by atoms with Gasteiger partial charge in [0.1, 0.15) is 5.69 Å². The number of hydrogen-bond acceptors (Lipinski definition) is 4. The van der Waals surface area contributed by atoms with E-state index in [0.29, 0.717) is 25.2 Å². The van der Waals surface area contributed by atoms with Gasteiger partial charge in [0.25, 0.3) is 11.6 Å². The SMILES string of the molecule is CCCn1cc([N+](=O)[O-])cc1C(=O)NCCc1cnc[nH]1. The minimum absolute atomic E-state index is 0.0674. The van der Waals surface area contributed by atoms with Gasteiger partial charge in [0, 0.05) is 37.5 Å². The highest BCUT2D eigenvalue weighted by atomic mass is 16.6. The summed E-state index contributed by atoms with van der Waals surface area (Å²) < 4.78 is 1.61. The molecule has 2 N–H and O–H groups in total. The highest BCUT2D eigenvalue weighted by Crippen LogP contribution is 2.17. The summed E-state index contributed by atoms with van der Waals surface area (Å²) in [5.74, 6) is -0.309. The normalized spacial score (nSPS) is 10.5. The molecule has 0 radical (unpaired) electrons. The van der Waals surface area contributed by atoms with E-state index in [1.807, 2.05) is 6.92 Å². The number of carbonyl (C=O) groups excluding carboxylic acids is 1. The Labute approximate surface area is 121 Å². The molecule has 112 valence electrons. The van der Waals surface area contributed by atoms with Gasteiger partial charge in [-0.1, -0.05) is 6.92 Å². The van der Waals surface area contributed by atoms with Crippen molar-refractivity contribution in [3.8, 4) is 0 Å². The minimum Gasteiger partial charge on any atom is -0.350 e. The molecule has 2 rings (SSSR count). The zero-order valence-corrected chi connectivity index (χ0v) is 11.7. The highest BCUT2D eigenvalue weighted by molar-refractivity contribution is 5.93. The first kappa shape index (κ1) is 14.8. The second-order valence-corrected chi connectivity index (χ2v) is 4.62.